The van der Waals surface area contributed by atoms with Crippen LogP contribution in [0.5, 0.6) is 5.88 Å². The number of nitrogens with zero attached hydrogens (tertiary/aromatic N) is 6. The number of carbonyl (C=O) groups is 1. The lowest BCUT2D eigenvalue weighted by atomic mass is 9.93. The molecule has 3 aromatic rings. The number of rotatable bonds is 5. The highest BCUT2D eigenvalue weighted by atomic mass is 32.2. The molecule has 1 saturated carbocycles. The van der Waals surface area contributed by atoms with E-state index in [0.717, 1.165) is 19.3 Å². The average Bonchev–Trinajstić information content (AvgIpc) is 3.22. The lowest BCUT2D eigenvalue weighted by molar-refractivity contribution is -0.190. The zero-order chi connectivity index (χ0) is 29.0. The number of carbonyl (C=O) groups excluding carboxylic acids is 1. The van der Waals surface area contributed by atoms with Crippen molar-refractivity contribution in [2.24, 2.45) is 11.3 Å². The summed E-state index contributed by atoms with van der Waals surface area (Å²) >= 11 is -1.84. The molecule has 1 N–H and O–H groups in total. The van der Waals surface area contributed by atoms with Crippen LogP contribution in [0.3, 0.4) is 0 Å². The van der Waals surface area contributed by atoms with Gasteiger partial charge >= 0.3 is 6.18 Å². The van der Waals surface area contributed by atoms with Crippen molar-refractivity contribution < 1.29 is 27.3 Å². The van der Waals surface area contributed by atoms with Gasteiger partial charge in [-0.3, -0.25) is 9.48 Å². The molecule has 14 heteroatoms. The predicted octanol–water partition coefficient (Wildman–Crippen LogP) is 4.43. The van der Waals surface area contributed by atoms with Gasteiger partial charge in [-0.15, -0.1) is 10.2 Å². The van der Waals surface area contributed by atoms with Crippen molar-refractivity contribution in [3.05, 3.63) is 42.2 Å². The Morgan fingerprint density at radius 2 is 1.98 bits per heavy atom. The second kappa shape index (κ2) is 10.2. The van der Waals surface area contributed by atoms with Crippen molar-refractivity contribution in [3.8, 4) is 11.7 Å². The predicted molar refractivity (Wildman–Crippen MR) is 144 cm³/mol. The molecule has 1 aliphatic carbocycles. The zero-order valence-electron chi connectivity index (χ0n) is 22.9. The third-order valence-corrected chi connectivity index (χ3v) is 9.36. The Labute approximate surface area is 238 Å². The Kier molecular flexibility index (Phi) is 6.96. The van der Waals surface area contributed by atoms with Crippen LogP contribution in [0.25, 0.3) is 5.82 Å². The first-order valence-corrected chi connectivity index (χ1v) is 14.9. The summed E-state index contributed by atoms with van der Waals surface area (Å²) in [6.07, 6.45) is 2.11. The van der Waals surface area contributed by atoms with Crippen LogP contribution in [0, 0.1) is 11.3 Å². The summed E-state index contributed by atoms with van der Waals surface area (Å²) in [6.45, 7) is 5.54. The van der Waals surface area contributed by atoms with E-state index in [-0.39, 0.29) is 47.9 Å². The molecule has 0 radical (unpaired) electrons. The first-order chi connectivity index (χ1) is 19.4. The number of aryl methyl sites for hydroxylation is 1. The molecule has 1 amide bonds. The standard InChI is InChI=1S/C27H32F3N7O3S/c1-25(2)16-18-4-3-12-35-13-8-22(33-35)41(39)34-24(38)19-5-6-20(31-23(19)36(25)17-18)37-14-7-21(32-37)40-15-11-26(9-10-26)27(28,29)30/h5-8,13-14,18H,3-4,9-12,15-17H2,1-2H3,(H,34,38). The summed E-state index contributed by atoms with van der Waals surface area (Å²) in [6, 6.07) is 6.47. The maximum absolute atomic E-state index is 13.4. The highest BCUT2D eigenvalue weighted by molar-refractivity contribution is 7.90. The summed E-state index contributed by atoms with van der Waals surface area (Å²) in [5, 5.41) is 9.00. The summed E-state index contributed by atoms with van der Waals surface area (Å²) < 4.78 is 63.9. The number of halogens is 3. The van der Waals surface area contributed by atoms with Gasteiger partial charge in [0.05, 0.1) is 17.6 Å². The number of hydrogen-bond acceptors (Lipinski definition) is 7. The molecule has 2 fully saturated rings. The van der Waals surface area contributed by atoms with Crippen molar-refractivity contribution in [3.63, 3.8) is 0 Å². The number of ether oxygens (including phenoxy) is 1. The summed E-state index contributed by atoms with van der Waals surface area (Å²) in [4.78, 5) is 20.4. The van der Waals surface area contributed by atoms with Gasteiger partial charge in [0.1, 0.15) is 17.2 Å². The number of amides is 1. The van der Waals surface area contributed by atoms with Crippen LogP contribution in [0.4, 0.5) is 19.0 Å². The van der Waals surface area contributed by atoms with E-state index < -0.39 is 28.9 Å². The summed E-state index contributed by atoms with van der Waals surface area (Å²) in [7, 11) is 0. The molecule has 5 heterocycles. The monoisotopic (exact) mass is 591 g/mol. The van der Waals surface area contributed by atoms with Crippen molar-refractivity contribution in [1.82, 2.24) is 29.3 Å². The second-order valence-electron chi connectivity index (χ2n) is 11.8. The third-order valence-electron chi connectivity index (χ3n) is 8.40. The number of fused-ring (bicyclic) bond motifs is 6. The largest absolute Gasteiger partial charge is 0.586 e. The molecule has 41 heavy (non-hydrogen) atoms. The van der Waals surface area contributed by atoms with E-state index in [4.69, 9.17) is 9.72 Å². The average molecular weight is 592 g/mol. The molecule has 3 aromatic heterocycles. The molecule has 4 bridgehead atoms. The minimum absolute atomic E-state index is 0.0902. The van der Waals surface area contributed by atoms with Gasteiger partial charge in [-0.25, -0.2) is 9.67 Å². The Morgan fingerprint density at radius 3 is 2.73 bits per heavy atom. The number of alkyl halides is 3. The third kappa shape index (κ3) is 5.51. The smallest absolute Gasteiger partial charge is 0.394 e. The molecular formula is C27H32F3N7O3S. The Bertz CT molecular complexity index is 1440. The van der Waals surface area contributed by atoms with Gasteiger partial charge in [0.25, 0.3) is 10.9 Å². The summed E-state index contributed by atoms with van der Waals surface area (Å²) in [5.74, 6) is 0.909. The van der Waals surface area contributed by atoms with E-state index in [2.05, 4.69) is 33.7 Å². The van der Waals surface area contributed by atoms with E-state index in [1.165, 1.54) is 4.68 Å². The van der Waals surface area contributed by atoms with Crippen LogP contribution in [-0.4, -0.2) is 59.9 Å². The van der Waals surface area contributed by atoms with Crippen molar-refractivity contribution >= 4 is 23.1 Å². The lowest BCUT2D eigenvalue weighted by Crippen LogP contribution is -2.41. The Balaban J connectivity index is 1.27. The number of anilines is 1. The van der Waals surface area contributed by atoms with E-state index in [1.807, 2.05) is 0 Å². The van der Waals surface area contributed by atoms with Crippen LogP contribution in [0.1, 0.15) is 62.7 Å². The molecule has 220 valence electrons. The second-order valence-corrected chi connectivity index (χ2v) is 12.9. The fourth-order valence-corrected chi connectivity index (χ4v) is 6.64. The van der Waals surface area contributed by atoms with Crippen molar-refractivity contribution in [2.45, 2.75) is 75.7 Å². The Hall–Kier alpha value is -3.26. The number of hydrogen-bond donors (Lipinski definition) is 1. The van der Waals surface area contributed by atoms with E-state index in [9.17, 15) is 22.5 Å². The van der Waals surface area contributed by atoms with Gasteiger partial charge in [-0.2, -0.15) is 17.9 Å². The highest BCUT2D eigenvalue weighted by Crippen LogP contribution is 2.59. The molecule has 2 aliphatic heterocycles. The number of pyridine rings is 1. The maximum atomic E-state index is 13.4. The van der Waals surface area contributed by atoms with E-state index in [0.29, 0.717) is 30.6 Å². The van der Waals surface area contributed by atoms with Crippen LogP contribution in [0.15, 0.2) is 41.7 Å². The quantitative estimate of drug-likeness (QED) is 0.437. The molecule has 2 atom stereocenters. The van der Waals surface area contributed by atoms with E-state index >= 15 is 0 Å². The molecule has 1 saturated heterocycles. The zero-order valence-corrected chi connectivity index (χ0v) is 23.7. The fourth-order valence-electron chi connectivity index (χ4n) is 5.89. The molecule has 0 aromatic carbocycles. The first-order valence-electron chi connectivity index (χ1n) is 13.7. The summed E-state index contributed by atoms with van der Waals surface area (Å²) in [5.41, 5.74) is -1.65. The molecular weight excluding hydrogens is 559 g/mol. The maximum Gasteiger partial charge on any atom is 0.394 e. The SMILES string of the molecule is CC1(C)CC2CCCn3ccc(n3)[S+]([O-])NC(=O)c3ccc(-n4ccc(OCCC5(C(F)(F)F)CC5)n4)nc3N1C2. The minimum atomic E-state index is -4.22. The van der Waals surface area contributed by atoms with E-state index in [1.54, 1.807) is 41.3 Å². The van der Waals surface area contributed by atoms with Crippen LogP contribution in [0.2, 0.25) is 0 Å². The molecule has 6 rings (SSSR count). The van der Waals surface area contributed by atoms with Crippen molar-refractivity contribution in [1.29, 1.82) is 0 Å². The van der Waals surface area contributed by atoms with Gasteiger partial charge in [0, 0.05) is 43.2 Å². The topological polar surface area (TPSA) is 113 Å². The first kappa shape index (κ1) is 27.9. The molecule has 10 nitrogen and oxygen atoms in total. The normalized spacial score (nSPS) is 23.5. The molecule has 2 unspecified atom stereocenters. The van der Waals surface area contributed by atoms with Crippen LogP contribution < -0.4 is 14.4 Å². The van der Waals surface area contributed by atoms with Crippen LogP contribution in [-0.2, 0) is 17.9 Å². The Morgan fingerprint density at radius 1 is 1.17 bits per heavy atom. The number of aromatic nitrogens is 5. The molecule has 0 spiro atoms. The minimum Gasteiger partial charge on any atom is -0.586 e. The van der Waals surface area contributed by atoms with Gasteiger partial charge in [-0.1, -0.05) is 0 Å². The number of nitrogens with one attached hydrogen (secondary N) is 1. The van der Waals surface area contributed by atoms with Crippen molar-refractivity contribution in [2.75, 3.05) is 18.1 Å². The van der Waals surface area contributed by atoms with Gasteiger partial charge in [0.2, 0.25) is 5.88 Å². The lowest BCUT2D eigenvalue weighted by Gasteiger charge is -2.33. The van der Waals surface area contributed by atoms with Gasteiger partial charge in [0.15, 0.2) is 5.82 Å². The fraction of sp³-hybridized carbons (Fsp3) is 0.556. The highest BCUT2D eigenvalue weighted by Gasteiger charge is 2.62. The molecule has 3 aliphatic rings. The van der Waals surface area contributed by atoms with Gasteiger partial charge < -0.3 is 14.2 Å². The van der Waals surface area contributed by atoms with Crippen LogP contribution >= 0.6 is 0 Å². The van der Waals surface area contributed by atoms with Gasteiger partial charge in [-0.05, 0) is 70.4 Å².